The van der Waals surface area contributed by atoms with Gasteiger partial charge in [0, 0.05) is 6.42 Å². The third kappa shape index (κ3) is 2.55. The third-order valence-corrected chi connectivity index (χ3v) is 2.51. The Morgan fingerprint density at radius 3 is 3.00 bits per heavy atom. The number of hydrogen-bond donors (Lipinski definition) is 2. The number of anilines is 1. The topological polar surface area (TPSA) is 67.4 Å². The zero-order valence-corrected chi connectivity index (χ0v) is 9.53. The molecule has 0 radical (unpaired) electrons. The second-order valence-corrected chi connectivity index (χ2v) is 3.75. The van der Waals surface area contributed by atoms with Crippen LogP contribution in [0.2, 0.25) is 0 Å². The van der Waals surface area contributed by atoms with Crippen LogP contribution in [-0.2, 0) is 9.59 Å². The second kappa shape index (κ2) is 4.86. The molecular weight excluding hydrogens is 220 g/mol. The molecule has 5 nitrogen and oxygen atoms in total. The summed E-state index contributed by atoms with van der Waals surface area (Å²) in [5.41, 5.74) is 0.663. The highest BCUT2D eigenvalue weighted by Crippen LogP contribution is 2.28. The number of amides is 2. The van der Waals surface area contributed by atoms with E-state index < -0.39 is 6.10 Å². The Hall–Kier alpha value is -2.04. The van der Waals surface area contributed by atoms with Crippen LogP contribution in [-0.4, -0.2) is 24.5 Å². The van der Waals surface area contributed by atoms with Gasteiger partial charge in [0.15, 0.2) is 6.10 Å². The van der Waals surface area contributed by atoms with Gasteiger partial charge >= 0.3 is 0 Å². The fourth-order valence-electron chi connectivity index (χ4n) is 1.56. The molecule has 1 unspecified atom stereocenters. The minimum atomic E-state index is -0.666. The minimum Gasteiger partial charge on any atom is -0.477 e. The van der Waals surface area contributed by atoms with E-state index >= 15 is 0 Å². The maximum atomic E-state index is 11.7. The van der Waals surface area contributed by atoms with Crippen LogP contribution in [0.25, 0.3) is 0 Å². The number of nitrogens with one attached hydrogen (secondary N) is 2. The summed E-state index contributed by atoms with van der Waals surface area (Å²) < 4.78 is 5.51. The predicted molar refractivity (Wildman–Crippen MR) is 62.8 cm³/mol. The van der Waals surface area contributed by atoms with E-state index in [1.807, 2.05) is 12.1 Å². The lowest BCUT2D eigenvalue weighted by Gasteiger charge is -2.25. The van der Waals surface area contributed by atoms with Crippen LogP contribution >= 0.6 is 0 Å². The fourth-order valence-corrected chi connectivity index (χ4v) is 1.56. The molecule has 2 amide bonds. The number of para-hydroxylation sites is 2. The molecule has 1 aliphatic heterocycles. The van der Waals surface area contributed by atoms with Gasteiger partial charge in [-0.05, 0) is 12.1 Å². The van der Waals surface area contributed by atoms with Gasteiger partial charge in [-0.1, -0.05) is 19.1 Å². The minimum absolute atomic E-state index is 0.0970. The number of fused-ring (bicyclic) bond motifs is 1. The highest BCUT2D eigenvalue weighted by Gasteiger charge is 2.27. The molecule has 0 bridgehead atoms. The zero-order valence-electron chi connectivity index (χ0n) is 9.53. The van der Waals surface area contributed by atoms with Crippen molar-refractivity contribution in [1.82, 2.24) is 5.32 Å². The average Bonchev–Trinajstić information content (AvgIpc) is 2.35. The molecule has 1 aliphatic rings. The van der Waals surface area contributed by atoms with Gasteiger partial charge in [-0.2, -0.15) is 0 Å². The Kier molecular flexibility index (Phi) is 3.27. The molecule has 1 aromatic carbocycles. The predicted octanol–water partition coefficient (Wildman–Crippen LogP) is 0.912. The van der Waals surface area contributed by atoms with Gasteiger partial charge in [0.1, 0.15) is 5.75 Å². The highest BCUT2D eigenvalue weighted by atomic mass is 16.5. The normalized spacial score (nSPS) is 17.7. The number of carbonyl (C=O) groups is 2. The Morgan fingerprint density at radius 2 is 2.24 bits per heavy atom. The summed E-state index contributed by atoms with van der Waals surface area (Å²) in [4.78, 5) is 22.8. The summed E-state index contributed by atoms with van der Waals surface area (Å²) in [6.07, 6.45) is -0.273. The van der Waals surface area contributed by atoms with Crippen molar-refractivity contribution >= 4 is 17.5 Å². The van der Waals surface area contributed by atoms with Gasteiger partial charge in [-0.15, -0.1) is 0 Å². The van der Waals surface area contributed by atoms with Crippen LogP contribution in [0.15, 0.2) is 24.3 Å². The highest BCUT2D eigenvalue weighted by molar-refractivity contribution is 5.98. The van der Waals surface area contributed by atoms with Gasteiger partial charge < -0.3 is 15.4 Å². The lowest BCUT2D eigenvalue weighted by Crippen LogP contribution is -2.45. The molecule has 17 heavy (non-hydrogen) atoms. The molecule has 0 spiro atoms. The molecule has 0 saturated heterocycles. The van der Waals surface area contributed by atoms with Gasteiger partial charge in [0.05, 0.1) is 12.2 Å². The molecule has 0 saturated carbocycles. The average molecular weight is 234 g/mol. The van der Waals surface area contributed by atoms with Crippen molar-refractivity contribution < 1.29 is 14.3 Å². The van der Waals surface area contributed by atoms with Crippen molar-refractivity contribution in [2.45, 2.75) is 19.4 Å². The van der Waals surface area contributed by atoms with Crippen LogP contribution in [0.5, 0.6) is 5.75 Å². The Balaban J connectivity index is 2.02. The first-order valence-corrected chi connectivity index (χ1v) is 5.54. The molecule has 90 valence electrons. The fraction of sp³-hybridized carbons (Fsp3) is 0.333. The Morgan fingerprint density at radius 1 is 1.47 bits per heavy atom. The van der Waals surface area contributed by atoms with E-state index in [9.17, 15) is 9.59 Å². The van der Waals surface area contributed by atoms with Gasteiger partial charge in [0.2, 0.25) is 5.91 Å². The molecule has 1 heterocycles. The lowest BCUT2D eigenvalue weighted by molar-refractivity contribution is -0.124. The van der Waals surface area contributed by atoms with Crippen molar-refractivity contribution in [3.8, 4) is 5.75 Å². The summed E-state index contributed by atoms with van der Waals surface area (Å²) >= 11 is 0. The van der Waals surface area contributed by atoms with E-state index in [0.29, 0.717) is 17.9 Å². The zero-order chi connectivity index (χ0) is 12.3. The van der Waals surface area contributed by atoms with Crippen molar-refractivity contribution in [2.75, 3.05) is 11.9 Å². The van der Waals surface area contributed by atoms with Crippen LogP contribution in [0, 0.1) is 0 Å². The van der Waals surface area contributed by atoms with Crippen LogP contribution in [0.3, 0.4) is 0 Å². The van der Waals surface area contributed by atoms with Crippen molar-refractivity contribution in [1.29, 1.82) is 0 Å². The third-order valence-electron chi connectivity index (χ3n) is 2.51. The largest absolute Gasteiger partial charge is 0.477 e. The van der Waals surface area contributed by atoms with Crippen molar-refractivity contribution in [3.63, 3.8) is 0 Å². The number of carbonyl (C=O) groups excluding carboxylic acids is 2. The second-order valence-electron chi connectivity index (χ2n) is 3.75. The molecule has 2 rings (SSSR count). The monoisotopic (exact) mass is 234 g/mol. The van der Waals surface area contributed by atoms with Crippen molar-refractivity contribution in [3.05, 3.63) is 24.3 Å². The van der Waals surface area contributed by atoms with Crippen LogP contribution < -0.4 is 15.4 Å². The maximum Gasteiger partial charge on any atom is 0.267 e. The lowest BCUT2D eigenvalue weighted by atomic mass is 10.2. The van der Waals surface area contributed by atoms with Crippen LogP contribution in [0.4, 0.5) is 5.69 Å². The number of rotatable bonds is 3. The summed E-state index contributed by atoms with van der Waals surface area (Å²) in [6, 6.07) is 7.21. The van der Waals surface area contributed by atoms with E-state index in [2.05, 4.69) is 10.6 Å². The number of hydrogen-bond acceptors (Lipinski definition) is 3. The SMILES string of the molecule is CCC(=O)NCC1Oc2ccccc2NC1=O. The molecule has 0 aliphatic carbocycles. The van der Waals surface area contributed by atoms with Crippen molar-refractivity contribution in [2.24, 2.45) is 0 Å². The number of ether oxygens (including phenoxy) is 1. The first kappa shape index (κ1) is 11.4. The summed E-state index contributed by atoms with van der Waals surface area (Å²) in [6.45, 7) is 1.94. The Labute approximate surface area is 99.2 Å². The summed E-state index contributed by atoms with van der Waals surface area (Å²) in [5.74, 6) is 0.295. The molecular formula is C12H14N2O3. The smallest absolute Gasteiger partial charge is 0.267 e. The first-order valence-electron chi connectivity index (χ1n) is 5.54. The van der Waals surface area contributed by atoms with E-state index in [0.717, 1.165) is 0 Å². The molecule has 0 fully saturated rings. The summed E-state index contributed by atoms with van der Waals surface area (Å²) in [7, 11) is 0. The van der Waals surface area contributed by atoms with Crippen LogP contribution in [0.1, 0.15) is 13.3 Å². The van der Waals surface area contributed by atoms with E-state index in [-0.39, 0.29) is 18.4 Å². The van der Waals surface area contributed by atoms with E-state index in [1.54, 1.807) is 19.1 Å². The molecule has 5 heteroatoms. The molecule has 1 aromatic rings. The molecule has 1 atom stereocenters. The summed E-state index contributed by atoms with van der Waals surface area (Å²) in [5, 5.41) is 5.37. The van der Waals surface area contributed by atoms with E-state index in [4.69, 9.17) is 4.74 Å². The van der Waals surface area contributed by atoms with Gasteiger partial charge in [-0.3, -0.25) is 9.59 Å². The van der Waals surface area contributed by atoms with Gasteiger partial charge in [-0.25, -0.2) is 0 Å². The first-order chi connectivity index (χ1) is 8.20. The number of benzene rings is 1. The standard InChI is InChI=1S/C12H14N2O3/c1-2-11(15)13-7-10-12(16)14-8-5-3-4-6-9(8)17-10/h3-6,10H,2,7H2,1H3,(H,13,15)(H,14,16). The maximum absolute atomic E-state index is 11.7. The molecule has 0 aromatic heterocycles. The quantitative estimate of drug-likeness (QED) is 0.817. The Bertz CT molecular complexity index is 445. The van der Waals surface area contributed by atoms with E-state index in [1.165, 1.54) is 0 Å². The van der Waals surface area contributed by atoms with Gasteiger partial charge in [0.25, 0.3) is 5.91 Å². The molecule has 2 N–H and O–H groups in total.